The molecule has 9 nitrogen and oxygen atoms in total. The Morgan fingerprint density at radius 3 is 2.50 bits per heavy atom. The van der Waals surface area contributed by atoms with Crippen LogP contribution >= 0.6 is 11.3 Å². The summed E-state index contributed by atoms with van der Waals surface area (Å²) in [5, 5.41) is 3.65. The van der Waals surface area contributed by atoms with Crippen molar-refractivity contribution in [3.63, 3.8) is 0 Å². The van der Waals surface area contributed by atoms with Crippen molar-refractivity contribution in [1.82, 2.24) is 14.5 Å². The predicted molar refractivity (Wildman–Crippen MR) is 124 cm³/mol. The maximum absolute atomic E-state index is 13.4. The van der Waals surface area contributed by atoms with Crippen LogP contribution in [-0.2, 0) is 32.1 Å². The molecule has 0 bridgehead atoms. The van der Waals surface area contributed by atoms with Crippen LogP contribution in [0.15, 0.2) is 9.59 Å². The van der Waals surface area contributed by atoms with Crippen molar-refractivity contribution in [2.75, 3.05) is 27.4 Å². The van der Waals surface area contributed by atoms with Crippen molar-refractivity contribution >= 4 is 27.5 Å². The lowest BCUT2D eigenvalue weighted by molar-refractivity contribution is -0.153. The second kappa shape index (κ2) is 9.86. The number of fused-ring (bicyclic) bond motifs is 1. The Balaban J connectivity index is 1.93. The van der Waals surface area contributed by atoms with Gasteiger partial charge in [-0.1, -0.05) is 0 Å². The Morgan fingerprint density at radius 2 is 1.91 bits per heavy atom. The predicted octanol–water partition coefficient (Wildman–Crippen LogP) is 1.96. The van der Waals surface area contributed by atoms with Gasteiger partial charge in [0, 0.05) is 31.7 Å². The minimum atomic E-state index is -0.544. The Hall–Kier alpha value is -2.01. The van der Waals surface area contributed by atoms with Gasteiger partial charge in [0.25, 0.3) is 5.56 Å². The molecule has 0 atom stereocenters. The smallest absolute Gasteiger partial charge is 0.332 e. The van der Waals surface area contributed by atoms with E-state index in [4.69, 9.17) is 14.2 Å². The summed E-state index contributed by atoms with van der Waals surface area (Å²) < 4.78 is 18.9. The third-order valence-electron chi connectivity index (χ3n) is 5.60. The lowest BCUT2D eigenvalue weighted by atomic mass is 9.89. The Bertz CT molecular complexity index is 1090. The van der Waals surface area contributed by atoms with E-state index in [2.05, 4.69) is 5.32 Å². The molecule has 0 spiro atoms. The van der Waals surface area contributed by atoms with Gasteiger partial charge in [0.15, 0.2) is 0 Å². The number of rotatable bonds is 9. The normalized spacial score (nSPS) is 18.7. The molecule has 32 heavy (non-hydrogen) atoms. The van der Waals surface area contributed by atoms with E-state index in [1.807, 2.05) is 27.7 Å². The fourth-order valence-electron chi connectivity index (χ4n) is 3.88. The molecule has 1 aliphatic carbocycles. The van der Waals surface area contributed by atoms with Gasteiger partial charge in [0.05, 0.1) is 31.2 Å². The molecule has 0 aromatic carbocycles. The molecule has 1 aliphatic rings. The first kappa shape index (κ1) is 24.6. The zero-order valence-electron chi connectivity index (χ0n) is 19.6. The van der Waals surface area contributed by atoms with Crippen LogP contribution in [-0.4, -0.2) is 54.2 Å². The fraction of sp³-hybridized carbons (Fsp3) is 0.682. The van der Waals surface area contributed by atoms with E-state index in [-0.39, 0.29) is 35.9 Å². The molecular formula is C22H33N3O6S. The summed E-state index contributed by atoms with van der Waals surface area (Å²) in [5.74, 6) is -0.340. The second-order valence-corrected chi connectivity index (χ2v) is 10.2. The van der Waals surface area contributed by atoms with Crippen LogP contribution in [0.2, 0.25) is 0 Å². The minimum Gasteiger partial charge on any atom is -0.459 e. The average molecular weight is 468 g/mol. The summed E-state index contributed by atoms with van der Waals surface area (Å²) >= 11 is 1.40. The number of esters is 1. The van der Waals surface area contributed by atoms with E-state index >= 15 is 0 Å². The van der Waals surface area contributed by atoms with Gasteiger partial charge < -0.3 is 19.5 Å². The third kappa shape index (κ3) is 5.14. The summed E-state index contributed by atoms with van der Waals surface area (Å²) in [6.07, 6.45) is 1.37. The molecule has 10 heteroatoms. The summed E-state index contributed by atoms with van der Waals surface area (Å²) in [6.45, 7) is 8.54. The van der Waals surface area contributed by atoms with Gasteiger partial charge >= 0.3 is 11.7 Å². The molecule has 1 fully saturated rings. The van der Waals surface area contributed by atoms with Crippen molar-refractivity contribution < 1.29 is 19.0 Å². The lowest BCUT2D eigenvalue weighted by Crippen LogP contribution is -2.47. The standard InChI is InChI=1S/C22H33N3O6S/c1-13-16(11-23-12-17(26)31-22(2,3)4)32-20-18(13)19(27)25(14-9-15(10-14)30-6)21(28)24(20)7-8-29-5/h14-15,23H,7-12H2,1-6H3. The third-order valence-corrected chi connectivity index (χ3v) is 6.92. The zero-order chi connectivity index (χ0) is 23.6. The Kier molecular flexibility index (Phi) is 7.59. The van der Waals surface area contributed by atoms with E-state index in [9.17, 15) is 14.4 Å². The Morgan fingerprint density at radius 1 is 1.22 bits per heavy atom. The van der Waals surface area contributed by atoms with Crippen molar-refractivity contribution in [3.8, 4) is 0 Å². The molecule has 2 heterocycles. The summed E-state index contributed by atoms with van der Waals surface area (Å²) in [7, 11) is 3.22. The van der Waals surface area contributed by atoms with E-state index in [0.717, 1.165) is 10.4 Å². The molecule has 3 rings (SSSR count). The number of hydrogen-bond donors (Lipinski definition) is 1. The molecule has 0 saturated heterocycles. The first-order valence-electron chi connectivity index (χ1n) is 10.8. The van der Waals surface area contributed by atoms with E-state index in [1.165, 1.54) is 15.9 Å². The Labute approximate surface area is 191 Å². The average Bonchev–Trinajstić information content (AvgIpc) is 2.98. The van der Waals surface area contributed by atoms with Crippen molar-refractivity contribution in [2.24, 2.45) is 0 Å². The number of ether oxygens (including phenoxy) is 3. The molecule has 0 amide bonds. The topological polar surface area (TPSA) is 101 Å². The molecule has 0 radical (unpaired) electrons. The van der Waals surface area contributed by atoms with Gasteiger partial charge in [-0.15, -0.1) is 11.3 Å². The fourth-order valence-corrected chi connectivity index (χ4v) is 5.16. The van der Waals surface area contributed by atoms with E-state index < -0.39 is 5.60 Å². The number of nitrogens with one attached hydrogen (secondary N) is 1. The van der Waals surface area contributed by atoms with Crippen LogP contribution in [0.4, 0.5) is 0 Å². The number of methoxy groups -OCH3 is 2. The largest absolute Gasteiger partial charge is 0.459 e. The molecule has 1 N–H and O–H groups in total. The maximum Gasteiger partial charge on any atom is 0.332 e. The first-order chi connectivity index (χ1) is 15.1. The van der Waals surface area contributed by atoms with Crippen molar-refractivity contribution in [1.29, 1.82) is 0 Å². The molecule has 0 unspecified atom stereocenters. The minimum absolute atomic E-state index is 0.0617. The van der Waals surface area contributed by atoms with Crippen LogP contribution in [0.25, 0.3) is 10.2 Å². The summed E-state index contributed by atoms with van der Waals surface area (Å²) in [5.41, 5.74) is -0.286. The highest BCUT2D eigenvalue weighted by Crippen LogP contribution is 2.34. The molecule has 0 aliphatic heterocycles. The molecule has 1 saturated carbocycles. The number of aromatic nitrogens is 2. The molecule has 2 aromatic rings. The monoisotopic (exact) mass is 467 g/mol. The molecular weight excluding hydrogens is 434 g/mol. The number of carbonyl (C=O) groups excluding carboxylic acids is 1. The lowest BCUT2D eigenvalue weighted by Gasteiger charge is -2.35. The van der Waals surface area contributed by atoms with Crippen LogP contribution < -0.4 is 16.6 Å². The van der Waals surface area contributed by atoms with Gasteiger partial charge in [0.2, 0.25) is 0 Å². The van der Waals surface area contributed by atoms with Gasteiger partial charge in [-0.3, -0.25) is 18.7 Å². The van der Waals surface area contributed by atoms with Crippen LogP contribution in [0.1, 0.15) is 50.1 Å². The number of carbonyl (C=O) groups is 1. The van der Waals surface area contributed by atoms with Gasteiger partial charge in [-0.2, -0.15) is 0 Å². The molecule has 2 aromatic heterocycles. The number of nitrogens with zero attached hydrogens (tertiary/aromatic N) is 2. The number of aryl methyl sites for hydroxylation is 1. The van der Waals surface area contributed by atoms with Gasteiger partial charge in [-0.25, -0.2) is 4.79 Å². The first-order valence-corrected chi connectivity index (χ1v) is 11.6. The van der Waals surface area contributed by atoms with Crippen molar-refractivity contribution in [2.45, 2.75) is 71.4 Å². The number of thiophene rings is 1. The quantitative estimate of drug-likeness (QED) is 0.563. The maximum atomic E-state index is 13.4. The highest BCUT2D eigenvalue weighted by Gasteiger charge is 2.34. The second-order valence-electron chi connectivity index (χ2n) is 9.11. The van der Waals surface area contributed by atoms with Crippen LogP contribution in [0, 0.1) is 6.92 Å². The van der Waals surface area contributed by atoms with Crippen LogP contribution in [0.5, 0.6) is 0 Å². The summed E-state index contributed by atoms with van der Waals surface area (Å²) in [4.78, 5) is 40.2. The molecule has 178 valence electrons. The van der Waals surface area contributed by atoms with Crippen molar-refractivity contribution in [3.05, 3.63) is 31.3 Å². The van der Waals surface area contributed by atoms with Crippen LogP contribution in [0.3, 0.4) is 0 Å². The SMILES string of the molecule is COCCn1c(=O)n(C2CC(OC)C2)c(=O)c2c(C)c(CNCC(=O)OC(C)(C)C)sc21. The highest BCUT2D eigenvalue weighted by atomic mass is 32.1. The summed E-state index contributed by atoms with van der Waals surface area (Å²) in [6, 6.07) is -0.161. The van der Waals surface area contributed by atoms with E-state index in [1.54, 1.807) is 18.8 Å². The zero-order valence-corrected chi connectivity index (χ0v) is 20.5. The van der Waals surface area contributed by atoms with Gasteiger partial charge in [-0.05, 0) is 46.1 Å². The number of hydrogen-bond acceptors (Lipinski definition) is 8. The van der Waals surface area contributed by atoms with E-state index in [0.29, 0.717) is 42.8 Å². The highest BCUT2D eigenvalue weighted by molar-refractivity contribution is 7.18. The van der Waals surface area contributed by atoms with Gasteiger partial charge in [0.1, 0.15) is 10.4 Å².